The zero-order chi connectivity index (χ0) is 19.0. The normalized spacial score (nSPS) is 17.4. The van der Waals surface area contributed by atoms with Crippen LogP contribution in [-0.2, 0) is 4.79 Å². The number of Topliss-reactive ketones (excluding diaryl/α,β-unsaturated/α-hetero) is 1. The summed E-state index contributed by atoms with van der Waals surface area (Å²) >= 11 is 1.44. The fourth-order valence-corrected chi connectivity index (χ4v) is 4.93. The summed E-state index contributed by atoms with van der Waals surface area (Å²) in [4.78, 5) is 30.5. The molecule has 0 amide bonds. The van der Waals surface area contributed by atoms with Crippen molar-refractivity contribution in [2.24, 2.45) is 0 Å². The molecule has 4 nitrogen and oxygen atoms in total. The fourth-order valence-electron chi connectivity index (χ4n) is 3.70. The quantitative estimate of drug-likeness (QED) is 0.625. The highest BCUT2D eigenvalue weighted by Crippen LogP contribution is 2.32. The molecule has 0 radical (unpaired) electrons. The molecule has 0 saturated heterocycles. The lowest BCUT2D eigenvalue weighted by Gasteiger charge is -2.21. The maximum absolute atomic E-state index is 13.3. The molecule has 27 heavy (non-hydrogen) atoms. The molecule has 1 heterocycles. The van der Waals surface area contributed by atoms with E-state index in [-0.39, 0.29) is 16.6 Å². The molecule has 0 spiro atoms. The van der Waals surface area contributed by atoms with Crippen LogP contribution in [0.2, 0.25) is 0 Å². The zero-order valence-electron chi connectivity index (χ0n) is 15.6. The van der Waals surface area contributed by atoms with Gasteiger partial charge in [0.25, 0.3) is 5.56 Å². The molecular formula is C22H22N2O2S. The Bertz CT molecular complexity index is 1070. The van der Waals surface area contributed by atoms with Gasteiger partial charge in [-0.1, -0.05) is 36.4 Å². The van der Waals surface area contributed by atoms with Gasteiger partial charge in [0.05, 0.1) is 21.8 Å². The van der Waals surface area contributed by atoms with E-state index in [0.29, 0.717) is 22.5 Å². The molecule has 1 aliphatic carbocycles. The van der Waals surface area contributed by atoms with E-state index >= 15 is 0 Å². The third-order valence-corrected chi connectivity index (χ3v) is 6.22. The van der Waals surface area contributed by atoms with E-state index in [1.165, 1.54) is 11.8 Å². The second kappa shape index (κ2) is 7.31. The van der Waals surface area contributed by atoms with Gasteiger partial charge in [-0.15, -0.1) is 0 Å². The number of carbonyl (C=O) groups is 1. The number of thioether (sulfide) groups is 1. The van der Waals surface area contributed by atoms with Gasteiger partial charge in [-0.25, -0.2) is 4.98 Å². The maximum atomic E-state index is 13.3. The first-order valence-electron chi connectivity index (χ1n) is 9.33. The SMILES string of the molecule is Cc1cc(C)cc(-n2c(S[C@@H]3CCCCC3=O)nc3ccccc3c2=O)c1. The van der Waals surface area contributed by atoms with Gasteiger partial charge in [-0.3, -0.25) is 14.2 Å². The summed E-state index contributed by atoms with van der Waals surface area (Å²) in [6, 6.07) is 13.5. The van der Waals surface area contributed by atoms with Gasteiger partial charge in [0.1, 0.15) is 5.78 Å². The third kappa shape index (κ3) is 3.56. The van der Waals surface area contributed by atoms with Crippen molar-refractivity contribution in [3.63, 3.8) is 0 Å². The number of nitrogens with zero attached hydrogens (tertiary/aromatic N) is 2. The molecule has 1 fully saturated rings. The standard InChI is InChI=1S/C22H22N2O2S/c1-14-11-15(2)13-16(12-14)24-21(26)17-7-3-4-8-18(17)23-22(24)27-20-10-6-5-9-19(20)25/h3-4,7-8,11-13,20H,5-6,9-10H2,1-2H3/t20-/m1/s1. The van der Waals surface area contributed by atoms with Crippen molar-refractivity contribution in [3.8, 4) is 5.69 Å². The molecule has 2 aromatic carbocycles. The van der Waals surface area contributed by atoms with Gasteiger partial charge in [0.15, 0.2) is 5.16 Å². The van der Waals surface area contributed by atoms with Crippen molar-refractivity contribution in [1.29, 1.82) is 0 Å². The van der Waals surface area contributed by atoms with Crippen molar-refractivity contribution in [2.75, 3.05) is 0 Å². The lowest BCUT2D eigenvalue weighted by atomic mass is 9.99. The van der Waals surface area contributed by atoms with Crippen LogP contribution in [0.25, 0.3) is 16.6 Å². The van der Waals surface area contributed by atoms with Gasteiger partial charge in [0, 0.05) is 6.42 Å². The average Bonchev–Trinajstić information content (AvgIpc) is 2.63. The maximum Gasteiger partial charge on any atom is 0.266 e. The molecule has 1 aliphatic rings. The minimum atomic E-state index is -0.121. The predicted octanol–water partition coefficient (Wildman–Crippen LogP) is 4.61. The number of hydrogen-bond acceptors (Lipinski definition) is 4. The summed E-state index contributed by atoms with van der Waals surface area (Å²) < 4.78 is 1.68. The zero-order valence-corrected chi connectivity index (χ0v) is 16.4. The van der Waals surface area contributed by atoms with Gasteiger partial charge in [-0.05, 0) is 62.1 Å². The number of para-hydroxylation sites is 1. The third-order valence-electron chi connectivity index (χ3n) is 4.96. The van der Waals surface area contributed by atoms with E-state index in [9.17, 15) is 9.59 Å². The van der Waals surface area contributed by atoms with Crippen LogP contribution in [0.15, 0.2) is 52.4 Å². The van der Waals surface area contributed by atoms with Crippen molar-refractivity contribution < 1.29 is 4.79 Å². The van der Waals surface area contributed by atoms with E-state index in [2.05, 4.69) is 6.07 Å². The average molecular weight is 378 g/mol. The fraction of sp³-hybridized carbons (Fsp3) is 0.318. The number of carbonyl (C=O) groups excluding carboxylic acids is 1. The van der Waals surface area contributed by atoms with Crippen LogP contribution in [0.4, 0.5) is 0 Å². The number of aryl methyl sites for hydroxylation is 2. The second-order valence-electron chi connectivity index (χ2n) is 7.22. The van der Waals surface area contributed by atoms with Crippen molar-refractivity contribution in [1.82, 2.24) is 9.55 Å². The Morgan fingerprint density at radius 1 is 1.04 bits per heavy atom. The highest BCUT2D eigenvalue weighted by Gasteiger charge is 2.26. The van der Waals surface area contributed by atoms with Gasteiger partial charge in [0.2, 0.25) is 0 Å². The molecule has 3 aromatic rings. The van der Waals surface area contributed by atoms with E-state index in [4.69, 9.17) is 4.98 Å². The molecular weight excluding hydrogens is 356 g/mol. The minimum absolute atomic E-state index is 0.0867. The highest BCUT2D eigenvalue weighted by atomic mass is 32.2. The smallest absolute Gasteiger partial charge is 0.266 e. The largest absolute Gasteiger partial charge is 0.298 e. The Morgan fingerprint density at radius 2 is 1.78 bits per heavy atom. The summed E-state index contributed by atoms with van der Waals surface area (Å²) in [6.07, 6.45) is 3.48. The summed E-state index contributed by atoms with van der Waals surface area (Å²) in [5, 5.41) is 1.07. The van der Waals surface area contributed by atoms with E-state index in [0.717, 1.165) is 36.1 Å². The van der Waals surface area contributed by atoms with Crippen LogP contribution in [0, 0.1) is 13.8 Å². The molecule has 5 heteroatoms. The second-order valence-corrected chi connectivity index (χ2v) is 8.39. The Kier molecular flexibility index (Phi) is 4.87. The Hall–Kier alpha value is -2.40. The molecule has 0 aliphatic heterocycles. The molecule has 1 aromatic heterocycles. The van der Waals surface area contributed by atoms with E-state index in [1.807, 2.05) is 50.2 Å². The van der Waals surface area contributed by atoms with Gasteiger partial charge < -0.3 is 0 Å². The first kappa shape index (κ1) is 18.0. The summed E-state index contributed by atoms with van der Waals surface area (Å²) in [5.74, 6) is 0.264. The molecule has 1 saturated carbocycles. The van der Waals surface area contributed by atoms with Crippen LogP contribution in [-0.4, -0.2) is 20.6 Å². The Balaban J connectivity index is 1.92. The Labute approximate surface area is 162 Å². The van der Waals surface area contributed by atoms with Crippen LogP contribution in [0.3, 0.4) is 0 Å². The molecule has 0 unspecified atom stereocenters. The number of hydrogen-bond donors (Lipinski definition) is 0. The first-order chi connectivity index (χ1) is 13.0. The number of rotatable bonds is 3. The number of aromatic nitrogens is 2. The van der Waals surface area contributed by atoms with Crippen molar-refractivity contribution in [2.45, 2.75) is 49.9 Å². The minimum Gasteiger partial charge on any atom is -0.298 e. The van der Waals surface area contributed by atoms with Crippen molar-refractivity contribution in [3.05, 3.63) is 63.9 Å². The van der Waals surface area contributed by atoms with E-state index in [1.54, 1.807) is 4.57 Å². The Morgan fingerprint density at radius 3 is 2.52 bits per heavy atom. The summed E-state index contributed by atoms with van der Waals surface area (Å²) in [7, 11) is 0. The van der Waals surface area contributed by atoms with Gasteiger partial charge >= 0.3 is 0 Å². The molecule has 1 atom stereocenters. The van der Waals surface area contributed by atoms with Crippen LogP contribution in [0.1, 0.15) is 36.8 Å². The number of fused-ring (bicyclic) bond motifs is 1. The number of benzene rings is 2. The molecule has 0 N–H and O–H groups in total. The lowest BCUT2D eigenvalue weighted by molar-refractivity contribution is -0.119. The number of ketones is 1. The van der Waals surface area contributed by atoms with Crippen LogP contribution >= 0.6 is 11.8 Å². The predicted molar refractivity (Wildman–Crippen MR) is 110 cm³/mol. The summed E-state index contributed by atoms with van der Waals surface area (Å²) in [5.41, 5.74) is 3.58. The molecule has 0 bridgehead atoms. The van der Waals surface area contributed by atoms with Crippen LogP contribution in [0.5, 0.6) is 0 Å². The van der Waals surface area contributed by atoms with Gasteiger partial charge in [-0.2, -0.15) is 0 Å². The molecule has 138 valence electrons. The summed E-state index contributed by atoms with van der Waals surface area (Å²) in [6.45, 7) is 4.04. The van der Waals surface area contributed by atoms with E-state index < -0.39 is 0 Å². The molecule has 4 rings (SSSR count). The topological polar surface area (TPSA) is 52.0 Å². The lowest BCUT2D eigenvalue weighted by Crippen LogP contribution is -2.26. The van der Waals surface area contributed by atoms with Crippen molar-refractivity contribution >= 4 is 28.4 Å². The highest BCUT2D eigenvalue weighted by molar-refractivity contribution is 8.00. The van der Waals surface area contributed by atoms with Crippen LogP contribution < -0.4 is 5.56 Å². The first-order valence-corrected chi connectivity index (χ1v) is 10.2. The monoisotopic (exact) mass is 378 g/mol.